The van der Waals surface area contributed by atoms with Gasteiger partial charge in [-0.25, -0.2) is 9.79 Å². The maximum absolute atomic E-state index is 14.0. The van der Waals surface area contributed by atoms with Crippen LogP contribution < -0.4 is 33.8 Å². The molecule has 3 aromatic rings. The maximum Gasteiger partial charge on any atom is 0.338 e. The molecule has 11 heteroatoms. The number of esters is 1. The first-order chi connectivity index (χ1) is 18.8. The first-order valence-corrected chi connectivity index (χ1v) is 13.4. The van der Waals surface area contributed by atoms with Crippen LogP contribution in [0.4, 0.5) is 0 Å². The smallest absolute Gasteiger partial charge is 0.338 e. The monoisotopic (exact) mass is 572 g/mol. The van der Waals surface area contributed by atoms with Crippen molar-refractivity contribution in [2.24, 2.45) is 4.99 Å². The van der Waals surface area contributed by atoms with Gasteiger partial charge in [0.1, 0.15) is 5.75 Å². The van der Waals surface area contributed by atoms with Crippen molar-refractivity contribution in [3.05, 3.63) is 77.4 Å². The summed E-state index contributed by atoms with van der Waals surface area (Å²) in [6.45, 7) is 5.93. The maximum atomic E-state index is 14.0. The molecule has 0 fully saturated rings. The van der Waals surface area contributed by atoms with Crippen LogP contribution in [0, 0.1) is 0 Å². The molecule has 0 saturated carbocycles. The molecule has 39 heavy (non-hydrogen) atoms. The Morgan fingerprint density at radius 1 is 1.05 bits per heavy atom. The van der Waals surface area contributed by atoms with Crippen LogP contribution in [0.1, 0.15) is 37.9 Å². The van der Waals surface area contributed by atoms with Crippen LogP contribution in [-0.4, -0.2) is 45.1 Å². The number of nitrogens with zero attached hydrogens (tertiary/aromatic N) is 2. The van der Waals surface area contributed by atoms with Crippen molar-refractivity contribution in [3.63, 3.8) is 0 Å². The molecule has 2 heterocycles. The van der Waals surface area contributed by atoms with Gasteiger partial charge in [0.05, 0.1) is 56.4 Å². The predicted molar refractivity (Wildman–Crippen MR) is 149 cm³/mol. The predicted octanol–water partition coefficient (Wildman–Crippen LogP) is 3.88. The second-order valence-corrected chi connectivity index (χ2v) is 9.82. The van der Waals surface area contributed by atoms with Crippen LogP contribution in [0.15, 0.2) is 51.4 Å². The third-order valence-electron chi connectivity index (χ3n) is 6.08. The lowest BCUT2D eigenvalue weighted by Gasteiger charge is -2.26. The fourth-order valence-electron chi connectivity index (χ4n) is 4.43. The van der Waals surface area contributed by atoms with E-state index in [4.69, 9.17) is 35.3 Å². The molecule has 206 valence electrons. The zero-order chi connectivity index (χ0) is 28.3. The Morgan fingerprint density at radius 3 is 2.33 bits per heavy atom. The van der Waals surface area contributed by atoms with E-state index < -0.39 is 12.0 Å². The summed E-state index contributed by atoms with van der Waals surface area (Å²) in [7, 11) is 4.51. The van der Waals surface area contributed by atoms with Gasteiger partial charge in [0.25, 0.3) is 5.56 Å². The van der Waals surface area contributed by atoms with Crippen LogP contribution in [0.5, 0.6) is 23.0 Å². The van der Waals surface area contributed by atoms with Gasteiger partial charge < -0.3 is 23.7 Å². The van der Waals surface area contributed by atoms with Crippen molar-refractivity contribution in [1.29, 1.82) is 0 Å². The zero-order valence-corrected chi connectivity index (χ0v) is 24.1. The lowest BCUT2D eigenvalue weighted by molar-refractivity contribution is -0.139. The molecule has 2 aromatic carbocycles. The largest absolute Gasteiger partial charge is 0.493 e. The fraction of sp³-hybridized carbons (Fsp3) is 0.321. The van der Waals surface area contributed by atoms with Crippen molar-refractivity contribution in [3.8, 4) is 23.0 Å². The number of methoxy groups -OCH3 is 3. The summed E-state index contributed by atoms with van der Waals surface area (Å²) in [6, 6.07) is 7.79. The molecule has 0 N–H and O–H groups in total. The third-order valence-corrected chi connectivity index (χ3v) is 7.30. The van der Waals surface area contributed by atoms with E-state index in [1.165, 1.54) is 37.2 Å². The summed E-state index contributed by atoms with van der Waals surface area (Å²) in [6.07, 6.45) is 1.72. The van der Waals surface area contributed by atoms with Crippen molar-refractivity contribution < 1.29 is 28.5 Å². The highest BCUT2D eigenvalue weighted by Crippen LogP contribution is 2.42. The number of carbonyl (C=O) groups excluding carboxylic acids is 1. The van der Waals surface area contributed by atoms with Gasteiger partial charge >= 0.3 is 5.97 Å². The Bertz CT molecular complexity index is 1600. The average Bonchev–Trinajstić information content (AvgIpc) is 3.22. The number of carbonyl (C=O) groups is 1. The van der Waals surface area contributed by atoms with Gasteiger partial charge in [0.15, 0.2) is 16.3 Å². The second-order valence-electron chi connectivity index (χ2n) is 8.38. The molecule has 0 saturated heterocycles. The van der Waals surface area contributed by atoms with Crippen LogP contribution in [-0.2, 0) is 9.53 Å². The van der Waals surface area contributed by atoms with E-state index >= 15 is 0 Å². The van der Waals surface area contributed by atoms with E-state index in [1.54, 1.807) is 50.3 Å². The molecule has 0 aliphatic carbocycles. The molecule has 0 spiro atoms. The Balaban J connectivity index is 2.02. The van der Waals surface area contributed by atoms with Crippen LogP contribution in [0.2, 0.25) is 5.02 Å². The van der Waals surface area contributed by atoms with E-state index in [-0.39, 0.29) is 17.7 Å². The van der Waals surface area contributed by atoms with Gasteiger partial charge in [-0.05, 0) is 62.7 Å². The number of hydrogen-bond donors (Lipinski definition) is 0. The molecule has 0 amide bonds. The highest BCUT2D eigenvalue weighted by Gasteiger charge is 2.34. The minimum atomic E-state index is -0.859. The fourth-order valence-corrected chi connectivity index (χ4v) is 5.64. The zero-order valence-electron chi connectivity index (χ0n) is 22.5. The van der Waals surface area contributed by atoms with E-state index in [9.17, 15) is 9.59 Å². The first-order valence-electron chi connectivity index (χ1n) is 12.2. The molecule has 9 nitrogen and oxygen atoms in total. The Labute approximate surface area is 234 Å². The van der Waals surface area contributed by atoms with E-state index in [0.29, 0.717) is 60.8 Å². The van der Waals surface area contributed by atoms with Crippen molar-refractivity contribution in [1.82, 2.24) is 4.57 Å². The number of rotatable bonds is 9. The highest BCUT2D eigenvalue weighted by atomic mass is 35.5. The Morgan fingerprint density at radius 2 is 1.74 bits per heavy atom. The van der Waals surface area contributed by atoms with Gasteiger partial charge in [-0.2, -0.15) is 0 Å². The number of ether oxygens (including phenoxy) is 5. The molecule has 0 radical (unpaired) electrons. The van der Waals surface area contributed by atoms with Crippen molar-refractivity contribution in [2.75, 3.05) is 34.5 Å². The number of fused-ring (bicyclic) bond motifs is 1. The molecular formula is C28H29ClN2O7S. The summed E-state index contributed by atoms with van der Waals surface area (Å²) in [5.41, 5.74) is 1.56. The molecule has 4 rings (SSSR count). The van der Waals surface area contributed by atoms with E-state index in [1.807, 2.05) is 6.92 Å². The third kappa shape index (κ3) is 5.39. The van der Waals surface area contributed by atoms with Crippen LogP contribution >= 0.6 is 22.9 Å². The van der Waals surface area contributed by atoms with Gasteiger partial charge in [-0.1, -0.05) is 22.9 Å². The molecule has 0 bridgehead atoms. The average molecular weight is 573 g/mol. The van der Waals surface area contributed by atoms with Gasteiger partial charge in [0, 0.05) is 10.6 Å². The second kappa shape index (κ2) is 12.0. The highest BCUT2D eigenvalue weighted by molar-refractivity contribution is 7.07. The summed E-state index contributed by atoms with van der Waals surface area (Å²) < 4.78 is 29.6. The quantitative estimate of drug-likeness (QED) is 0.359. The number of thiazole rings is 1. The summed E-state index contributed by atoms with van der Waals surface area (Å²) in [5, 5.41) is 0.508. The number of hydrogen-bond acceptors (Lipinski definition) is 9. The van der Waals surface area contributed by atoms with Crippen molar-refractivity contribution >= 4 is 35.0 Å². The van der Waals surface area contributed by atoms with Crippen LogP contribution in [0.3, 0.4) is 0 Å². The van der Waals surface area contributed by atoms with Crippen LogP contribution in [0.25, 0.3) is 6.08 Å². The van der Waals surface area contributed by atoms with Gasteiger partial charge in [0.2, 0.25) is 5.75 Å². The lowest BCUT2D eigenvalue weighted by atomic mass is 9.95. The summed E-state index contributed by atoms with van der Waals surface area (Å²) in [4.78, 5) is 32.2. The van der Waals surface area contributed by atoms with E-state index in [2.05, 4.69) is 4.99 Å². The Hall–Kier alpha value is -3.76. The Kier molecular flexibility index (Phi) is 8.66. The minimum absolute atomic E-state index is 0.164. The van der Waals surface area contributed by atoms with Gasteiger partial charge in [-0.3, -0.25) is 9.36 Å². The van der Waals surface area contributed by atoms with Crippen molar-refractivity contribution in [2.45, 2.75) is 26.8 Å². The summed E-state index contributed by atoms with van der Waals surface area (Å²) >= 11 is 7.45. The van der Waals surface area contributed by atoms with Gasteiger partial charge in [-0.15, -0.1) is 0 Å². The molecule has 1 aromatic heterocycles. The SMILES string of the molecule is CCOC(=O)C1=C(C)N=c2s/c(=C\c3cc(Cl)ccc3OCC)c(=O)n2[C@@H]1c1cc(OC)c(OC)c(OC)c1. The number of aromatic nitrogens is 1. The first kappa shape index (κ1) is 28.3. The molecular weight excluding hydrogens is 544 g/mol. The minimum Gasteiger partial charge on any atom is -0.493 e. The number of benzene rings is 2. The topological polar surface area (TPSA) is 97.6 Å². The lowest BCUT2D eigenvalue weighted by Crippen LogP contribution is -2.40. The summed E-state index contributed by atoms with van der Waals surface area (Å²) in [5.74, 6) is 1.18. The normalized spacial score (nSPS) is 14.9. The van der Waals surface area contributed by atoms with E-state index in [0.717, 1.165) is 0 Å². The molecule has 1 aliphatic rings. The molecule has 1 aliphatic heterocycles. The molecule has 0 unspecified atom stereocenters. The number of halogens is 1. The standard InChI is InChI=1S/C28H29ClN2O7S/c1-7-37-19-10-9-18(29)11-16(19)14-22-26(32)31-24(17-12-20(34-4)25(36-6)21(13-17)35-5)23(27(33)38-8-2)15(3)30-28(31)39-22/h9-14,24H,7-8H2,1-6H3/b22-14-/t24-/m1/s1. The molecule has 1 atom stereocenters. The number of allylic oxidation sites excluding steroid dienone is 1.